The van der Waals surface area contributed by atoms with E-state index in [0.717, 1.165) is 12.5 Å². The predicted octanol–water partition coefficient (Wildman–Crippen LogP) is 3.82. The summed E-state index contributed by atoms with van der Waals surface area (Å²) in [7, 11) is 0. The second-order valence-corrected chi connectivity index (χ2v) is 6.64. The lowest BCUT2D eigenvalue weighted by Gasteiger charge is -2.22. The molecule has 0 bridgehead atoms. The molecule has 0 radical (unpaired) electrons. The Kier molecular flexibility index (Phi) is 4.57. The van der Waals surface area contributed by atoms with E-state index in [0.29, 0.717) is 6.04 Å². The van der Waals surface area contributed by atoms with Crippen LogP contribution in [0.1, 0.15) is 54.6 Å². The second-order valence-electron chi connectivity index (χ2n) is 5.35. The Morgan fingerprint density at radius 1 is 1.24 bits per heavy atom. The van der Waals surface area contributed by atoms with Gasteiger partial charge in [0.05, 0.1) is 5.69 Å². The fourth-order valence-electron chi connectivity index (χ4n) is 2.63. The van der Waals surface area contributed by atoms with Crippen LogP contribution in [0.15, 0.2) is 0 Å². The minimum Gasteiger partial charge on any atom is -0.307 e. The van der Waals surface area contributed by atoms with Crippen molar-refractivity contribution in [2.24, 2.45) is 5.92 Å². The van der Waals surface area contributed by atoms with Gasteiger partial charge in [-0.15, -0.1) is 11.3 Å². The average Bonchev–Trinajstić information content (AvgIpc) is 2.50. The number of hydrogen-bond donors (Lipinski definition) is 1. The summed E-state index contributed by atoms with van der Waals surface area (Å²) in [6.45, 7) is 7.60. The number of rotatable bonds is 3. The van der Waals surface area contributed by atoms with Crippen molar-refractivity contribution in [3.05, 3.63) is 15.6 Å². The van der Waals surface area contributed by atoms with Crippen LogP contribution in [0.25, 0.3) is 0 Å². The first kappa shape index (κ1) is 13.0. The highest BCUT2D eigenvalue weighted by atomic mass is 32.1. The first-order valence-corrected chi connectivity index (χ1v) is 7.64. The van der Waals surface area contributed by atoms with E-state index in [1.807, 2.05) is 11.3 Å². The van der Waals surface area contributed by atoms with E-state index < -0.39 is 0 Å². The number of nitrogens with zero attached hydrogens (tertiary/aromatic N) is 1. The van der Waals surface area contributed by atoms with E-state index in [-0.39, 0.29) is 0 Å². The first-order valence-electron chi connectivity index (χ1n) is 6.83. The van der Waals surface area contributed by atoms with Crippen LogP contribution in [0, 0.1) is 19.8 Å². The summed E-state index contributed by atoms with van der Waals surface area (Å²) >= 11 is 1.84. The zero-order valence-corrected chi connectivity index (χ0v) is 12.1. The largest absolute Gasteiger partial charge is 0.307 e. The number of thiazole rings is 1. The standard InChI is InChI=1S/C14H24N2S/c1-10-7-5-4-6-8-13(10)15-9-14-16-11(2)12(3)17-14/h10,13,15H,4-9H2,1-3H3. The number of aryl methyl sites for hydroxylation is 2. The number of nitrogens with one attached hydrogen (secondary N) is 1. The average molecular weight is 252 g/mol. The summed E-state index contributed by atoms with van der Waals surface area (Å²) in [6.07, 6.45) is 6.93. The van der Waals surface area contributed by atoms with E-state index in [9.17, 15) is 0 Å². The van der Waals surface area contributed by atoms with Crippen molar-refractivity contribution in [2.45, 2.75) is 65.5 Å². The minimum absolute atomic E-state index is 0.696. The summed E-state index contributed by atoms with van der Waals surface area (Å²) in [4.78, 5) is 5.96. The Bertz CT molecular complexity index is 340. The van der Waals surface area contributed by atoms with Crippen molar-refractivity contribution in [3.63, 3.8) is 0 Å². The van der Waals surface area contributed by atoms with Crippen molar-refractivity contribution in [1.29, 1.82) is 0 Å². The number of hydrogen-bond acceptors (Lipinski definition) is 3. The summed E-state index contributed by atoms with van der Waals surface area (Å²) in [5.74, 6) is 0.819. The molecule has 1 saturated carbocycles. The molecular weight excluding hydrogens is 228 g/mol. The lowest BCUT2D eigenvalue weighted by molar-refractivity contribution is 0.356. The van der Waals surface area contributed by atoms with Crippen LogP contribution in [0.2, 0.25) is 0 Å². The van der Waals surface area contributed by atoms with Crippen molar-refractivity contribution in [2.75, 3.05) is 0 Å². The molecular formula is C14H24N2S. The van der Waals surface area contributed by atoms with E-state index >= 15 is 0 Å². The lowest BCUT2D eigenvalue weighted by atomic mass is 9.97. The van der Waals surface area contributed by atoms with Gasteiger partial charge in [-0.2, -0.15) is 0 Å². The van der Waals surface area contributed by atoms with Gasteiger partial charge < -0.3 is 5.32 Å². The highest BCUT2D eigenvalue weighted by molar-refractivity contribution is 7.11. The van der Waals surface area contributed by atoms with E-state index in [4.69, 9.17) is 0 Å². The zero-order chi connectivity index (χ0) is 12.3. The van der Waals surface area contributed by atoms with Crippen LogP contribution in [-0.4, -0.2) is 11.0 Å². The third kappa shape index (κ3) is 3.52. The molecule has 1 aliphatic carbocycles. The molecule has 1 heterocycles. The molecule has 2 rings (SSSR count). The van der Waals surface area contributed by atoms with Crippen molar-refractivity contribution < 1.29 is 0 Å². The van der Waals surface area contributed by atoms with Crippen molar-refractivity contribution in [3.8, 4) is 0 Å². The Balaban J connectivity index is 1.88. The van der Waals surface area contributed by atoms with Gasteiger partial charge in [0.1, 0.15) is 5.01 Å². The molecule has 0 aliphatic heterocycles. The molecule has 1 aromatic rings. The van der Waals surface area contributed by atoms with Gasteiger partial charge in [-0.1, -0.05) is 26.2 Å². The summed E-state index contributed by atoms with van der Waals surface area (Å²) < 4.78 is 0. The van der Waals surface area contributed by atoms with Crippen LogP contribution in [-0.2, 0) is 6.54 Å². The highest BCUT2D eigenvalue weighted by Crippen LogP contribution is 2.24. The minimum atomic E-state index is 0.696. The molecule has 1 fully saturated rings. The molecule has 1 aliphatic rings. The van der Waals surface area contributed by atoms with Gasteiger partial charge in [0, 0.05) is 17.5 Å². The molecule has 3 heteroatoms. The molecule has 0 spiro atoms. The molecule has 0 amide bonds. The third-order valence-corrected chi connectivity index (χ3v) is 5.02. The van der Waals surface area contributed by atoms with Crippen LogP contribution >= 0.6 is 11.3 Å². The smallest absolute Gasteiger partial charge is 0.107 e. The van der Waals surface area contributed by atoms with Gasteiger partial charge in [-0.05, 0) is 32.6 Å². The van der Waals surface area contributed by atoms with Crippen molar-refractivity contribution >= 4 is 11.3 Å². The molecule has 2 unspecified atom stereocenters. The van der Waals surface area contributed by atoms with Gasteiger partial charge in [0.2, 0.25) is 0 Å². The van der Waals surface area contributed by atoms with Crippen molar-refractivity contribution in [1.82, 2.24) is 10.3 Å². The molecule has 96 valence electrons. The van der Waals surface area contributed by atoms with Gasteiger partial charge in [-0.25, -0.2) is 4.98 Å². The maximum Gasteiger partial charge on any atom is 0.107 e. The number of aromatic nitrogens is 1. The van der Waals surface area contributed by atoms with Crippen LogP contribution < -0.4 is 5.32 Å². The third-order valence-electron chi connectivity index (χ3n) is 3.95. The zero-order valence-electron chi connectivity index (χ0n) is 11.3. The van der Waals surface area contributed by atoms with Gasteiger partial charge in [0.25, 0.3) is 0 Å². The topological polar surface area (TPSA) is 24.9 Å². The second kappa shape index (κ2) is 5.96. The molecule has 1 N–H and O–H groups in total. The Morgan fingerprint density at radius 3 is 2.71 bits per heavy atom. The quantitative estimate of drug-likeness (QED) is 0.827. The van der Waals surface area contributed by atoms with Crippen LogP contribution in [0.3, 0.4) is 0 Å². The van der Waals surface area contributed by atoms with Gasteiger partial charge >= 0.3 is 0 Å². The monoisotopic (exact) mass is 252 g/mol. The Hall–Kier alpha value is -0.410. The van der Waals surface area contributed by atoms with E-state index in [2.05, 4.69) is 31.1 Å². The van der Waals surface area contributed by atoms with Gasteiger partial charge in [0.15, 0.2) is 0 Å². The summed E-state index contributed by atoms with van der Waals surface area (Å²) in [5.41, 5.74) is 1.20. The summed E-state index contributed by atoms with van der Waals surface area (Å²) in [5, 5.41) is 4.96. The van der Waals surface area contributed by atoms with Crippen LogP contribution in [0.4, 0.5) is 0 Å². The fraction of sp³-hybridized carbons (Fsp3) is 0.786. The molecule has 1 aromatic heterocycles. The van der Waals surface area contributed by atoms with Crippen LogP contribution in [0.5, 0.6) is 0 Å². The molecule has 17 heavy (non-hydrogen) atoms. The summed E-state index contributed by atoms with van der Waals surface area (Å²) in [6, 6.07) is 0.696. The maximum atomic E-state index is 4.60. The normalized spacial score (nSPS) is 25.8. The van der Waals surface area contributed by atoms with Gasteiger partial charge in [-0.3, -0.25) is 0 Å². The first-order chi connectivity index (χ1) is 8.16. The maximum absolute atomic E-state index is 4.60. The molecule has 2 nitrogen and oxygen atoms in total. The Labute approximate surface area is 109 Å². The predicted molar refractivity (Wildman–Crippen MR) is 74.5 cm³/mol. The van der Waals surface area contributed by atoms with E-state index in [1.54, 1.807) is 0 Å². The lowest BCUT2D eigenvalue weighted by Crippen LogP contribution is -2.33. The fourth-order valence-corrected chi connectivity index (χ4v) is 3.51. The SMILES string of the molecule is Cc1nc(CNC2CCCCCC2C)sc1C. The molecule has 0 saturated heterocycles. The molecule has 0 aromatic carbocycles. The molecule has 2 atom stereocenters. The van der Waals surface area contributed by atoms with E-state index in [1.165, 1.54) is 47.7 Å². The highest BCUT2D eigenvalue weighted by Gasteiger charge is 2.19. The Morgan fingerprint density at radius 2 is 2.00 bits per heavy atom.